The van der Waals surface area contributed by atoms with Crippen molar-refractivity contribution < 1.29 is 0 Å². The molecule has 0 saturated heterocycles. The highest BCUT2D eigenvalue weighted by Gasteiger charge is 2.20. The van der Waals surface area contributed by atoms with E-state index < -0.39 is 0 Å². The highest BCUT2D eigenvalue weighted by molar-refractivity contribution is 9.09. The molecule has 1 aliphatic rings. The lowest BCUT2D eigenvalue weighted by atomic mass is 9.89. The van der Waals surface area contributed by atoms with Crippen molar-refractivity contribution in [3.8, 4) is 0 Å². The third-order valence-electron chi connectivity index (χ3n) is 4.13. The zero-order valence-corrected chi connectivity index (χ0v) is 12.4. The maximum absolute atomic E-state index is 3.71. The van der Waals surface area contributed by atoms with Crippen LogP contribution in [0.2, 0.25) is 0 Å². The molecular formula is C16H23Br. The van der Waals surface area contributed by atoms with E-state index >= 15 is 0 Å². The Morgan fingerprint density at radius 1 is 1.24 bits per heavy atom. The van der Waals surface area contributed by atoms with Gasteiger partial charge in [-0.25, -0.2) is 0 Å². The molecule has 1 heteroatoms. The van der Waals surface area contributed by atoms with E-state index in [2.05, 4.69) is 47.1 Å². The van der Waals surface area contributed by atoms with Crippen molar-refractivity contribution in [1.29, 1.82) is 0 Å². The van der Waals surface area contributed by atoms with Gasteiger partial charge in [0.2, 0.25) is 0 Å². The van der Waals surface area contributed by atoms with Crippen LogP contribution in [0.1, 0.15) is 43.2 Å². The van der Waals surface area contributed by atoms with Crippen LogP contribution in [-0.2, 0) is 6.42 Å². The van der Waals surface area contributed by atoms with Crippen LogP contribution in [0.3, 0.4) is 0 Å². The van der Waals surface area contributed by atoms with Crippen LogP contribution in [-0.4, -0.2) is 5.33 Å². The Bertz CT molecular complexity index is 339. The quantitative estimate of drug-likeness (QED) is 0.661. The molecule has 1 fully saturated rings. The molecule has 0 spiro atoms. The molecule has 0 aromatic heterocycles. The topological polar surface area (TPSA) is 0 Å². The molecule has 0 amide bonds. The van der Waals surface area contributed by atoms with Gasteiger partial charge in [-0.1, -0.05) is 65.9 Å². The Labute approximate surface area is 114 Å². The van der Waals surface area contributed by atoms with Crippen LogP contribution in [0, 0.1) is 18.8 Å². The SMILES string of the molecule is Cc1ccccc1CC(CBr)CC1CCCC1. The summed E-state index contributed by atoms with van der Waals surface area (Å²) in [4.78, 5) is 0. The molecule has 0 N–H and O–H groups in total. The Hall–Kier alpha value is -0.300. The van der Waals surface area contributed by atoms with Crippen molar-refractivity contribution in [2.24, 2.45) is 11.8 Å². The summed E-state index contributed by atoms with van der Waals surface area (Å²) < 4.78 is 0. The van der Waals surface area contributed by atoms with Gasteiger partial charge < -0.3 is 0 Å². The van der Waals surface area contributed by atoms with Crippen molar-refractivity contribution in [2.45, 2.75) is 45.4 Å². The second-order valence-electron chi connectivity index (χ2n) is 5.54. The molecule has 94 valence electrons. The fourth-order valence-corrected chi connectivity index (χ4v) is 3.56. The Morgan fingerprint density at radius 3 is 2.59 bits per heavy atom. The van der Waals surface area contributed by atoms with E-state index in [1.807, 2.05) is 0 Å². The van der Waals surface area contributed by atoms with Gasteiger partial charge in [-0.3, -0.25) is 0 Å². The molecule has 1 aliphatic carbocycles. The van der Waals surface area contributed by atoms with E-state index in [1.165, 1.54) is 49.7 Å². The zero-order valence-electron chi connectivity index (χ0n) is 10.8. The van der Waals surface area contributed by atoms with Gasteiger partial charge in [0.25, 0.3) is 0 Å². The summed E-state index contributed by atoms with van der Waals surface area (Å²) in [6.07, 6.45) is 8.52. The van der Waals surface area contributed by atoms with Crippen LogP contribution in [0.5, 0.6) is 0 Å². The van der Waals surface area contributed by atoms with E-state index in [9.17, 15) is 0 Å². The first-order valence-corrected chi connectivity index (χ1v) is 8.02. The molecule has 0 aliphatic heterocycles. The lowest BCUT2D eigenvalue weighted by molar-refractivity contribution is 0.401. The maximum atomic E-state index is 3.71. The average molecular weight is 295 g/mol. The van der Waals surface area contributed by atoms with E-state index in [4.69, 9.17) is 0 Å². The summed E-state index contributed by atoms with van der Waals surface area (Å²) in [6.45, 7) is 2.23. The van der Waals surface area contributed by atoms with Gasteiger partial charge in [0, 0.05) is 5.33 Å². The van der Waals surface area contributed by atoms with E-state index in [0.29, 0.717) is 0 Å². The summed E-state index contributed by atoms with van der Waals surface area (Å²) in [5.74, 6) is 1.82. The van der Waals surface area contributed by atoms with Gasteiger partial charge in [0.1, 0.15) is 0 Å². The first kappa shape index (κ1) is 13.1. The maximum Gasteiger partial charge on any atom is 0.00629 e. The normalized spacial score (nSPS) is 18.5. The lowest BCUT2D eigenvalue weighted by Crippen LogP contribution is -2.11. The van der Waals surface area contributed by atoms with Crippen molar-refractivity contribution in [1.82, 2.24) is 0 Å². The number of benzene rings is 1. The van der Waals surface area contributed by atoms with Gasteiger partial charge in [-0.2, -0.15) is 0 Å². The highest BCUT2D eigenvalue weighted by Crippen LogP contribution is 2.32. The van der Waals surface area contributed by atoms with Gasteiger partial charge in [0.05, 0.1) is 0 Å². The molecule has 17 heavy (non-hydrogen) atoms. The minimum absolute atomic E-state index is 0.819. The lowest BCUT2D eigenvalue weighted by Gasteiger charge is -2.19. The minimum Gasteiger partial charge on any atom is -0.0925 e. The summed E-state index contributed by atoms with van der Waals surface area (Å²) in [5, 5.41) is 1.15. The molecule has 1 saturated carbocycles. The number of hydrogen-bond acceptors (Lipinski definition) is 0. The number of hydrogen-bond donors (Lipinski definition) is 0. The molecule has 1 aromatic rings. The Kier molecular flexibility index (Phi) is 5.09. The number of alkyl halides is 1. The van der Waals surface area contributed by atoms with Crippen LogP contribution >= 0.6 is 15.9 Å². The molecule has 1 atom stereocenters. The van der Waals surface area contributed by atoms with Crippen molar-refractivity contribution in [3.05, 3.63) is 35.4 Å². The smallest absolute Gasteiger partial charge is 0.00629 e. The van der Waals surface area contributed by atoms with Crippen LogP contribution in [0.25, 0.3) is 0 Å². The standard InChI is InChI=1S/C16H23Br/c1-13-6-2-5-9-16(13)11-15(12-17)10-14-7-3-4-8-14/h2,5-6,9,14-15H,3-4,7-8,10-12H2,1H3. The number of rotatable bonds is 5. The first-order chi connectivity index (χ1) is 8.29. The van der Waals surface area contributed by atoms with Gasteiger partial charge in [0.15, 0.2) is 0 Å². The Morgan fingerprint density at radius 2 is 1.94 bits per heavy atom. The monoisotopic (exact) mass is 294 g/mol. The fourth-order valence-electron chi connectivity index (χ4n) is 3.07. The molecule has 1 aromatic carbocycles. The average Bonchev–Trinajstić information content (AvgIpc) is 2.84. The van der Waals surface area contributed by atoms with Crippen LogP contribution in [0.15, 0.2) is 24.3 Å². The number of halogens is 1. The summed E-state index contributed by atoms with van der Waals surface area (Å²) in [6, 6.07) is 8.83. The van der Waals surface area contributed by atoms with Crippen molar-refractivity contribution in [2.75, 3.05) is 5.33 Å². The third kappa shape index (κ3) is 3.84. The van der Waals surface area contributed by atoms with Gasteiger partial charge in [-0.05, 0) is 42.7 Å². The minimum atomic E-state index is 0.819. The number of aryl methyl sites for hydroxylation is 1. The zero-order chi connectivity index (χ0) is 12.1. The predicted molar refractivity (Wildman–Crippen MR) is 78.7 cm³/mol. The van der Waals surface area contributed by atoms with Crippen LogP contribution in [0.4, 0.5) is 0 Å². The Balaban J connectivity index is 1.92. The van der Waals surface area contributed by atoms with Gasteiger partial charge in [-0.15, -0.1) is 0 Å². The molecule has 1 unspecified atom stereocenters. The predicted octanol–water partition coefficient (Wildman–Crippen LogP) is 5.13. The molecule has 0 bridgehead atoms. The summed E-state index contributed by atoms with van der Waals surface area (Å²) in [7, 11) is 0. The van der Waals surface area contributed by atoms with Crippen molar-refractivity contribution >= 4 is 15.9 Å². The first-order valence-electron chi connectivity index (χ1n) is 6.90. The van der Waals surface area contributed by atoms with E-state index in [1.54, 1.807) is 0 Å². The van der Waals surface area contributed by atoms with Crippen LogP contribution < -0.4 is 0 Å². The fraction of sp³-hybridized carbons (Fsp3) is 0.625. The molecule has 0 radical (unpaired) electrons. The van der Waals surface area contributed by atoms with Gasteiger partial charge >= 0.3 is 0 Å². The summed E-state index contributed by atoms with van der Waals surface area (Å²) >= 11 is 3.71. The van der Waals surface area contributed by atoms with E-state index in [-0.39, 0.29) is 0 Å². The molecular weight excluding hydrogens is 272 g/mol. The summed E-state index contributed by atoms with van der Waals surface area (Å²) in [5.41, 5.74) is 2.99. The second-order valence-corrected chi connectivity index (χ2v) is 6.18. The molecule has 2 rings (SSSR count). The molecule has 0 nitrogen and oxygen atoms in total. The molecule has 0 heterocycles. The van der Waals surface area contributed by atoms with Crippen molar-refractivity contribution in [3.63, 3.8) is 0 Å². The van der Waals surface area contributed by atoms with E-state index in [0.717, 1.165) is 17.2 Å². The second kappa shape index (κ2) is 6.58. The third-order valence-corrected chi connectivity index (χ3v) is 5.05. The largest absolute Gasteiger partial charge is 0.0925 e. The highest BCUT2D eigenvalue weighted by atomic mass is 79.9.